The fourth-order valence-electron chi connectivity index (χ4n) is 2.68. The van der Waals surface area contributed by atoms with Gasteiger partial charge in [-0.3, -0.25) is 4.79 Å². The van der Waals surface area contributed by atoms with Crippen LogP contribution in [0.4, 0.5) is 4.39 Å². The van der Waals surface area contributed by atoms with Crippen LogP contribution in [-0.2, 0) is 9.05 Å². The van der Waals surface area contributed by atoms with Crippen LogP contribution in [0.25, 0.3) is 0 Å². The monoisotopic (exact) mass is 333 g/mol. The second kappa shape index (κ2) is 6.32. The molecule has 116 valence electrons. The highest BCUT2D eigenvalue weighted by Crippen LogP contribution is 2.29. The third kappa shape index (κ3) is 4.17. The van der Waals surface area contributed by atoms with Crippen molar-refractivity contribution in [1.29, 1.82) is 0 Å². The highest BCUT2D eigenvalue weighted by molar-refractivity contribution is 8.13. The maximum absolute atomic E-state index is 13.4. The van der Waals surface area contributed by atoms with Crippen molar-refractivity contribution in [2.45, 2.75) is 31.1 Å². The second-order valence-electron chi connectivity index (χ2n) is 5.58. The summed E-state index contributed by atoms with van der Waals surface area (Å²) in [6, 6.07) is 3.14. The molecule has 0 aliphatic heterocycles. The van der Waals surface area contributed by atoms with E-state index in [9.17, 15) is 17.6 Å². The van der Waals surface area contributed by atoms with Crippen molar-refractivity contribution < 1.29 is 17.6 Å². The molecule has 1 saturated carbocycles. The number of rotatable bonds is 4. The summed E-state index contributed by atoms with van der Waals surface area (Å²) in [6.07, 6.45) is 3.31. The first-order chi connectivity index (χ1) is 9.77. The van der Waals surface area contributed by atoms with E-state index in [1.165, 1.54) is 6.07 Å². The largest absolute Gasteiger partial charge is 0.352 e. The van der Waals surface area contributed by atoms with E-state index in [1.807, 2.05) is 0 Å². The molecule has 0 radical (unpaired) electrons. The van der Waals surface area contributed by atoms with Crippen molar-refractivity contribution in [1.82, 2.24) is 5.32 Å². The smallest absolute Gasteiger partial charge is 0.264 e. The van der Waals surface area contributed by atoms with Crippen molar-refractivity contribution in [2.24, 2.45) is 11.8 Å². The van der Waals surface area contributed by atoms with E-state index in [4.69, 9.17) is 10.7 Å². The highest BCUT2D eigenvalue weighted by Gasteiger charge is 2.23. The number of hydrogen-bond donors (Lipinski definition) is 1. The molecule has 0 bridgehead atoms. The van der Waals surface area contributed by atoms with Gasteiger partial charge in [0.25, 0.3) is 15.0 Å². The molecule has 1 aromatic rings. The molecule has 4 nitrogen and oxygen atoms in total. The SMILES string of the molecule is CC1CCC(CNC(=O)c2ccc(F)c(S(=O)(=O)Cl)c2)C1. The molecule has 0 spiro atoms. The molecule has 0 heterocycles. The summed E-state index contributed by atoms with van der Waals surface area (Å²) < 4.78 is 35.9. The normalized spacial score (nSPS) is 22.2. The summed E-state index contributed by atoms with van der Waals surface area (Å²) in [7, 11) is 0.928. The molecule has 2 unspecified atom stereocenters. The van der Waals surface area contributed by atoms with Crippen molar-refractivity contribution in [3.05, 3.63) is 29.6 Å². The summed E-state index contributed by atoms with van der Waals surface area (Å²) in [4.78, 5) is 11.3. The predicted molar refractivity (Wildman–Crippen MR) is 78.3 cm³/mol. The standard InChI is InChI=1S/C14H17ClFNO3S/c1-9-2-3-10(6-9)8-17-14(18)11-4-5-12(16)13(7-11)21(15,19)20/h4-5,7,9-10H,2-3,6,8H2,1H3,(H,17,18). The van der Waals surface area contributed by atoms with Crippen molar-refractivity contribution in [2.75, 3.05) is 6.54 Å². The number of hydrogen-bond acceptors (Lipinski definition) is 3. The minimum Gasteiger partial charge on any atom is -0.352 e. The van der Waals surface area contributed by atoms with Crippen molar-refractivity contribution >= 4 is 25.6 Å². The van der Waals surface area contributed by atoms with Crippen LogP contribution in [-0.4, -0.2) is 20.9 Å². The Bertz CT molecular complexity index is 648. The molecule has 1 aliphatic carbocycles. The van der Waals surface area contributed by atoms with Crippen LogP contribution in [0.2, 0.25) is 0 Å². The first-order valence-electron chi connectivity index (χ1n) is 6.80. The summed E-state index contributed by atoms with van der Waals surface area (Å²) in [5.74, 6) is -0.270. The van der Waals surface area contributed by atoms with Crippen LogP contribution < -0.4 is 5.32 Å². The van der Waals surface area contributed by atoms with E-state index in [2.05, 4.69) is 12.2 Å². The summed E-state index contributed by atoms with van der Waals surface area (Å²) in [6.45, 7) is 2.73. The molecule has 2 atom stereocenters. The third-order valence-electron chi connectivity index (χ3n) is 3.81. The van der Waals surface area contributed by atoms with E-state index in [0.29, 0.717) is 18.4 Å². The van der Waals surface area contributed by atoms with Crippen LogP contribution in [0.3, 0.4) is 0 Å². The van der Waals surface area contributed by atoms with E-state index in [0.717, 1.165) is 31.4 Å². The van der Waals surface area contributed by atoms with Gasteiger partial charge in [-0.15, -0.1) is 0 Å². The van der Waals surface area contributed by atoms with Crippen LogP contribution in [0.1, 0.15) is 36.5 Å². The zero-order valence-electron chi connectivity index (χ0n) is 11.6. The number of nitrogens with one attached hydrogen (secondary N) is 1. The number of amides is 1. The highest BCUT2D eigenvalue weighted by atomic mass is 35.7. The zero-order valence-corrected chi connectivity index (χ0v) is 13.2. The first kappa shape index (κ1) is 16.2. The number of carbonyl (C=O) groups is 1. The summed E-state index contributed by atoms with van der Waals surface area (Å²) in [5, 5.41) is 2.76. The minimum atomic E-state index is -4.21. The molecule has 1 amide bonds. The van der Waals surface area contributed by atoms with Crippen molar-refractivity contribution in [3.8, 4) is 0 Å². The fourth-order valence-corrected chi connectivity index (χ4v) is 3.60. The molecule has 0 aromatic heterocycles. The Labute approximate surface area is 128 Å². The molecular weight excluding hydrogens is 317 g/mol. The van der Waals surface area contributed by atoms with E-state index < -0.39 is 25.7 Å². The van der Waals surface area contributed by atoms with Crippen LogP contribution >= 0.6 is 10.7 Å². The third-order valence-corrected chi connectivity index (χ3v) is 5.15. The lowest BCUT2D eigenvalue weighted by molar-refractivity contribution is 0.0947. The number of benzene rings is 1. The van der Waals surface area contributed by atoms with E-state index >= 15 is 0 Å². The van der Waals surface area contributed by atoms with Gasteiger partial charge in [0.15, 0.2) is 0 Å². The lowest BCUT2D eigenvalue weighted by Gasteiger charge is -2.11. The predicted octanol–water partition coefficient (Wildman–Crippen LogP) is 2.92. The Kier molecular flexibility index (Phi) is 4.88. The molecule has 0 saturated heterocycles. The Hall–Kier alpha value is -1.14. The molecule has 1 aromatic carbocycles. The van der Waals surface area contributed by atoms with Gasteiger partial charge in [-0.05, 0) is 42.9 Å². The average Bonchev–Trinajstić information content (AvgIpc) is 2.81. The van der Waals surface area contributed by atoms with E-state index in [-0.39, 0.29) is 5.56 Å². The topological polar surface area (TPSA) is 63.2 Å². The number of halogens is 2. The lowest BCUT2D eigenvalue weighted by Crippen LogP contribution is -2.28. The van der Waals surface area contributed by atoms with Gasteiger partial charge >= 0.3 is 0 Å². The first-order valence-corrected chi connectivity index (χ1v) is 9.10. The fraction of sp³-hybridized carbons (Fsp3) is 0.500. The van der Waals surface area contributed by atoms with Gasteiger partial charge in [-0.1, -0.05) is 13.3 Å². The summed E-state index contributed by atoms with van der Waals surface area (Å²) >= 11 is 0. The van der Waals surface area contributed by atoms with Gasteiger partial charge in [-0.2, -0.15) is 0 Å². The second-order valence-corrected chi connectivity index (χ2v) is 8.11. The van der Waals surface area contributed by atoms with Crippen LogP contribution in [0.15, 0.2) is 23.1 Å². The van der Waals surface area contributed by atoms with Crippen LogP contribution in [0.5, 0.6) is 0 Å². The van der Waals surface area contributed by atoms with Gasteiger partial charge in [-0.25, -0.2) is 12.8 Å². The Morgan fingerprint density at radius 3 is 2.71 bits per heavy atom. The molecule has 1 N–H and O–H groups in total. The zero-order chi connectivity index (χ0) is 15.6. The molecule has 2 rings (SSSR count). The quantitative estimate of drug-likeness (QED) is 0.862. The van der Waals surface area contributed by atoms with Gasteiger partial charge in [0, 0.05) is 22.8 Å². The molecule has 1 fully saturated rings. The number of carbonyl (C=O) groups excluding carboxylic acids is 1. The summed E-state index contributed by atoms with van der Waals surface area (Å²) in [5.41, 5.74) is 0.0849. The van der Waals surface area contributed by atoms with Gasteiger partial charge in [0.2, 0.25) is 0 Å². The van der Waals surface area contributed by atoms with E-state index in [1.54, 1.807) is 0 Å². The molecular formula is C14H17ClFNO3S. The minimum absolute atomic E-state index is 0.0849. The Balaban J connectivity index is 2.06. The molecule has 1 aliphatic rings. The van der Waals surface area contributed by atoms with Gasteiger partial charge < -0.3 is 5.32 Å². The molecule has 21 heavy (non-hydrogen) atoms. The van der Waals surface area contributed by atoms with Gasteiger partial charge in [0.05, 0.1) is 0 Å². The molecule has 7 heteroatoms. The average molecular weight is 334 g/mol. The lowest BCUT2D eigenvalue weighted by atomic mass is 10.1. The maximum atomic E-state index is 13.4. The van der Waals surface area contributed by atoms with Crippen LogP contribution in [0, 0.1) is 17.7 Å². The maximum Gasteiger partial charge on any atom is 0.264 e. The van der Waals surface area contributed by atoms with Crippen molar-refractivity contribution in [3.63, 3.8) is 0 Å². The van der Waals surface area contributed by atoms with Gasteiger partial charge in [0.1, 0.15) is 10.7 Å². The Morgan fingerprint density at radius 2 is 2.14 bits per heavy atom. The Morgan fingerprint density at radius 1 is 1.43 bits per heavy atom.